The van der Waals surface area contributed by atoms with E-state index in [4.69, 9.17) is 4.74 Å². The molecule has 1 amide bonds. The third-order valence-electron chi connectivity index (χ3n) is 3.15. The van der Waals surface area contributed by atoms with E-state index in [9.17, 15) is 18.0 Å². The molecule has 120 valence electrons. The molecule has 0 spiro atoms. The Kier molecular flexibility index (Phi) is 4.82. The van der Waals surface area contributed by atoms with Gasteiger partial charge in [-0.15, -0.1) is 0 Å². The molecule has 1 saturated carbocycles. The Labute approximate surface area is 129 Å². The molecule has 7 nitrogen and oxygen atoms in total. The van der Waals surface area contributed by atoms with Crippen LogP contribution < -0.4 is 5.32 Å². The van der Waals surface area contributed by atoms with Crippen molar-refractivity contribution in [3.8, 4) is 0 Å². The molecule has 0 aliphatic heterocycles. The third-order valence-corrected chi connectivity index (χ3v) is 4.97. The first-order chi connectivity index (χ1) is 10.3. The molecule has 2 rings (SSSR count). The fourth-order valence-electron chi connectivity index (χ4n) is 1.69. The van der Waals surface area contributed by atoms with Crippen molar-refractivity contribution < 1.29 is 22.7 Å². The highest BCUT2D eigenvalue weighted by Crippen LogP contribution is 2.18. The minimum absolute atomic E-state index is 0.0838. The molecule has 1 aliphatic carbocycles. The Morgan fingerprint density at radius 3 is 2.32 bits per heavy atom. The molecule has 0 heterocycles. The lowest BCUT2D eigenvalue weighted by Crippen LogP contribution is -2.30. The van der Waals surface area contributed by atoms with Gasteiger partial charge in [-0.3, -0.25) is 4.79 Å². The zero-order chi connectivity index (χ0) is 16.3. The van der Waals surface area contributed by atoms with Crippen LogP contribution in [0.15, 0.2) is 29.2 Å². The van der Waals surface area contributed by atoms with Crippen LogP contribution in [0.3, 0.4) is 0 Å². The average Bonchev–Trinajstić information content (AvgIpc) is 3.28. The van der Waals surface area contributed by atoms with Crippen LogP contribution in [0.25, 0.3) is 0 Å². The van der Waals surface area contributed by atoms with Crippen LogP contribution >= 0.6 is 0 Å². The van der Waals surface area contributed by atoms with Crippen LogP contribution in [-0.4, -0.2) is 51.3 Å². The smallest absolute Gasteiger partial charge is 0.338 e. The molecule has 1 aliphatic rings. The van der Waals surface area contributed by atoms with E-state index in [1.807, 2.05) is 0 Å². The molecular formula is C14H18N2O5S. The number of hydrogen-bond donors (Lipinski definition) is 1. The summed E-state index contributed by atoms with van der Waals surface area (Å²) in [5, 5.41) is 2.70. The zero-order valence-electron chi connectivity index (χ0n) is 12.4. The van der Waals surface area contributed by atoms with Crippen molar-refractivity contribution in [2.45, 2.75) is 23.8 Å². The minimum Gasteiger partial charge on any atom is -0.452 e. The average molecular weight is 326 g/mol. The van der Waals surface area contributed by atoms with Crippen molar-refractivity contribution >= 4 is 21.9 Å². The Morgan fingerprint density at radius 2 is 1.82 bits per heavy atom. The maximum atomic E-state index is 11.9. The SMILES string of the molecule is CN(C)S(=O)(=O)c1ccc(C(=O)OCC(=O)NC2CC2)cc1. The summed E-state index contributed by atoms with van der Waals surface area (Å²) in [4.78, 5) is 23.3. The number of rotatable bonds is 6. The molecule has 0 bridgehead atoms. The van der Waals surface area contributed by atoms with Gasteiger partial charge < -0.3 is 10.1 Å². The third kappa shape index (κ3) is 4.05. The standard InChI is InChI=1S/C14H18N2O5S/c1-16(2)22(19,20)12-7-3-10(4-8-12)14(18)21-9-13(17)15-11-5-6-11/h3-4,7-8,11H,5-6,9H2,1-2H3,(H,15,17). The maximum Gasteiger partial charge on any atom is 0.338 e. The van der Waals surface area contributed by atoms with Gasteiger partial charge in [0.25, 0.3) is 5.91 Å². The number of amides is 1. The second-order valence-corrected chi connectivity index (χ2v) is 7.38. The van der Waals surface area contributed by atoms with Crippen molar-refractivity contribution in [3.05, 3.63) is 29.8 Å². The highest BCUT2D eigenvalue weighted by molar-refractivity contribution is 7.89. The predicted molar refractivity (Wildman–Crippen MR) is 78.8 cm³/mol. The topological polar surface area (TPSA) is 92.8 Å². The molecule has 1 N–H and O–H groups in total. The summed E-state index contributed by atoms with van der Waals surface area (Å²) in [5.74, 6) is -0.998. The molecule has 8 heteroatoms. The quantitative estimate of drug-likeness (QED) is 0.763. The molecule has 1 aromatic carbocycles. The summed E-state index contributed by atoms with van der Waals surface area (Å²) in [6.45, 7) is -0.340. The number of benzene rings is 1. The van der Waals surface area contributed by atoms with Crippen molar-refractivity contribution in [1.82, 2.24) is 9.62 Å². The fourth-order valence-corrected chi connectivity index (χ4v) is 2.59. The van der Waals surface area contributed by atoms with Gasteiger partial charge in [-0.05, 0) is 37.1 Å². The number of carbonyl (C=O) groups excluding carboxylic acids is 2. The van der Waals surface area contributed by atoms with E-state index < -0.39 is 16.0 Å². The van der Waals surface area contributed by atoms with Gasteiger partial charge in [0, 0.05) is 20.1 Å². The van der Waals surface area contributed by atoms with E-state index >= 15 is 0 Å². The monoisotopic (exact) mass is 326 g/mol. The number of carbonyl (C=O) groups is 2. The fraction of sp³-hybridized carbons (Fsp3) is 0.429. The number of hydrogen-bond acceptors (Lipinski definition) is 5. The molecule has 0 atom stereocenters. The van der Waals surface area contributed by atoms with E-state index in [0.29, 0.717) is 0 Å². The van der Waals surface area contributed by atoms with Gasteiger partial charge >= 0.3 is 5.97 Å². The van der Waals surface area contributed by atoms with E-state index in [0.717, 1.165) is 17.1 Å². The van der Waals surface area contributed by atoms with Gasteiger partial charge in [0.15, 0.2) is 6.61 Å². The minimum atomic E-state index is -3.53. The van der Waals surface area contributed by atoms with Crippen LogP contribution in [-0.2, 0) is 19.6 Å². The molecule has 0 radical (unpaired) electrons. The first kappa shape index (κ1) is 16.4. The number of nitrogens with zero attached hydrogens (tertiary/aromatic N) is 1. The number of ether oxygens (including phenoxy) is 1. The lowest BCUT2D eigenvalue weighted by atomic mass is 10.2. The molecule has 22 heavy (non-hydrogen) atoms. The maximum absolute atomic E-state index is 11.9. The summed E-state index contributed by atoms with van der Waals surface area (Å²) in [7, 11) is -0.681. The lowest BCUT2D eigenvalue weighted by molar-refractivity contribution is -0.124. The molecule has 0 saturated heterocycles. The summed E-state index contributed by atoms with van der Waals surface area (Å²) in [5.41, 5.74) is 0.192. The van der Waals surface area contributed by atoms with Crippen LogP contribution in [0.5, 0.6) is 0 Å². The van der Waals surface area contributed by atoms with Crippen LogP contribution in [0, 0.1) is 0 Å². The Hall–Kier alpha value is -1.93. The van der Waals surface area contributed by atoms with Gasteiger partial charge in [-0.25, -0.2) is 17.5 Å². The number of sulfonamides is 1. The second-order valence-electron chi connectivity index (χ2n) is 5.23. The van der Waals surface area contributed by atoms with Crippen LogP contribution in [0.4, 0.5) is 0 Å². The predicted octanol–water partition coefficient (Wildman–Crippen LogP) is 0.372. The van der Waals surface area contributed by atoms with Crippen molar-refractivity contribution in [1.29, 1.82) is 0 Å². The Morgan fingerprint density at radius 1 is 1.23 bits per heavy atom. The van der Waals surface area contributed by atoms with E-state index in [-0.39, 0.29) is 29.0 Å². The van der Waals surface area contributed by atoms with Gasteiger partial charge in [0.2, 0.25) is 10.0 Å². The van der Waals surface area contributed by atoms with E-state index in [2.05, 4.69) is 5.32 Å². The number of nitrogens with one attached hydrogen (secondary N) is 1. The molecule has 0 aromatic heterocycles. The van der Waals surface area contributed by atoms with Crippen molar-refractivity contribution in [3.63, 3.8) is 0 Å². The molecule has 1 fully saturated rings. The Balaban J connectivity index is 1.94. The van der Waals surface area contributed by atoms with Gasteiger partial charge in [-0.1, -0.05) is 0 Å². The molecule has 1 aromatic rings. The first-order valence-corrected chi connectivity index (χ1v) is 8.24. The van der Waals surface area contributed by atoms with Crippen molar-refractivity contribution in [2.75, 3.05) is 20.7 Å². The van der Waals surface area contributed by atoms with E-state index in [1.54, 1.807) is 0 Å². The summed E-state index contributed by atoms with van der Waals surface area (Å²) < 4.78 is 29.8. The largest absolute Gasteiger partial charge is 0.452 e. The Bertz CT molecular complexity index is 663. The van der Waals surface area contributed by atoms with Crippen LogP contribution in [0.1, 0.15) is 23.2 Å². The van der Waals surface area contributed by atoms with Gasteiger partial charge in [0.05, 0.1) is 10.5 Å². The van der Waals surface area contributed by atoms with Gasteiger partial charge in [-0.2, -0.15) is 0 Å². The lowest BCUT2D eigenvalue weighted by Gasteiger charge is -2.11. The summed E-state index contributed by atoms with van der Waals surface area (Å²) >= 11 is 0. The van der Waals surface area contributed by atoms with Gasteiger partial charge in [0.1, 0.15) is 0 Å². The highest BCUT2D eigenvalue weighted by atomic mass is 32.2. The highest BCUT2D eigenvalue weighted by Gasteiger charge is 2.24. The summed E-state index contributed by atoms with van der Waals surface area (Å²) in [6, 6.07) is 5.59. The second kappa shape index (κ2) is 6.45. The molecule has 0 unspecified atom stereocenters. The first-order valence-electron chi connectivity index (χ1n) is 6.80. The number of esters is 1. The zero-order valence-corrected chi connectivity index (χ0v) is 13.2. The van der Waals surface area contributed by atoms with E-state index in [1.165, 1.54) is 38.4 Å². The normalized spacial score (nSPS) is 14.7. The van der Waals surface area contributed by atoms with Crippen molar-refractivity contribution in [2.24, 2.45) is 0 Å². The van der Waals surface area contributed by atoms with Crippen LogP contribution in [0.2, 0.25) is 0 Å². The molecular weight excluding hydrogens is 308 g/mol. The summed E-state index contributed by atoms with van der Waals surface area (Å²) in [6.07, 6.45) is 1.92.